The summed E-state index contributed by atoms with van der Waals surface area (Å²) in [6.45, 7) is 0.768. The molecule has 116 valence electrons. The molecule has 22 heavy (non-hydrogen) atoms. The SMILES string of the molecule is O=C(CSc1ccc(Cl)cc1)Nc1nnc([C@@H]2CCCO2)s1. The molecule has 1 atom stereocenters. The van der Waals surface area contributed by atoms with Gasteiger partial charge in [-0.25, -0.2) is 0 Å². The Kier molecular flexibility index (Phi) is 5.30. The van der Waals surface area contributed by atoms with Crippen molar-refractivity contribution in [1.82, 2.24) is 10.2 Å². The highest BCUT2D eigenvalue weighted by Crippen LogP contribution is 2.32. The summed E-state index contributed by atoms with van der Waals surface area (Å²) in [5.74, 6) is 0.214. The minimum atomic E-state index is -0.102. The summed E-state index contributed by atoms with van der Waals surface area (Å²) in [6.07, 6.45) is 2.05. The molecule has 0 aliphatic carbocycles. The molecule has 0 saturated carbocycles. The molecule has 2 aromatic rings. The van der Waals surface area contributed by atoms with E-state index in [-0.39, 0.29) is 12.0 Å². The van der Waals surface area contributed by atoms with Crippen LogP contribution in [-0.4, -0.2) is 28.5 Å². The van der Waals surface area contributed by atoms with Gasteiger partial charge in [0.1, 0.15) is 11.1 Å². The highest BCUT2D eigenvalue weighted by molar-refractivity contribution is 8.00. The van der Waals surface area contributed by atoms with E-state index in [0.717, 1.165) is 29.4 Å². The lowest BCUT2D eigenvalue weighted by Crippen LogP contribution is -2.13. The van der Waals surface area contributed by atoms with Crippen LogP contribution in [0.3, 0.4) is 0 Å². The van der Waals surface area contributed by atoms with Crippen molar-refractivity contribution in [2.24, 2.45) is 0 Å². The van der Waals surface area contributed by atoms with Crippen molar-refractivity contribution in [1.29, 1.82) is 0 Å². The second-order valence-corrected chi connectivity index (χ2v) is 7.23. The number of hydrogen-bond donors (Lipinski definition) is 1. The van der Waals surface area contributed by atoms with Gasteiger partial charge in [0.25, 0.3) is 0 Å². The summed E-state index contributed by atoms with van der Waals surface area (Å²) in [5.41, 5.74) is 0. The minimum Gasteiger partial charge on any atom is -0.371 e. The molecule has 8 heteroatoms. The molecule has 1 aromatic heterocycles. The first-order valence-electron chi connectivity index (χ1n) is 6.84. The first kappa shape index (κ1) is 15.7. The van der Waals surface area contributed by atoms with Gasteiger partial charge in [-0.05, 0) is 37.1 Å². The third-order valence-corrected chi connectivity index (χ3v) is 5.27. The van der Waals surface area contributed by atoms with Gasteiger partial charge in [-0.15, -0.1) is 22.0 Å². The fraction of sp³-hybridized carbons (Fsp3) is 0.357. The topological polar surface area (TPSA) is 64.1 Å². The van der Waals surface area contributed by atoms with Crippen LogP contribution in [0.1, 0.15) is 24.0 Å². The van der Waals surface area contributed by atoms with Crippen LogP contribution in [-0.2, 0) is 9.53 Å². The number of nitrogens with zero attached hydrogens (tertiary/aromatic N) is 2. The fourth-order valence-electron chi connectivity index (χ4n) is 2.02. The van der Waals surface area contributed by atoms with E-state index >= 15 is 0 Å². The quantitative estimate of drug-likeness (QED) is 0.827. The van der Waals surface area contributed by atoms with Gasteiger partial charge >= 0.3 is 0 Å². The van der Waals surface area contributed by atoms with Gasteiger partial charge in [-0.2, -0.15) is 0 Å². The van der Waals surface area contributed by atoms with E-state index in [9.17, 15) is 4.79 Å². The van der Waals surface area contributed by atoms with Crippen molar-refractivity contribution in [3.05, 3.63) is 34.3 Å². The number of benzene rings is 1. The molecule has 5 nitrogen and oxygen atoms in total. The van der Waals surface area contributed by atoms with Crippen molar-refractivity contribution in [3.8, 4) is 0 Å². The predicted molar refractivity (Wildman–Crippen MR) is 88.6 cm³/mol. The smallest absolute Gasteiger partial charge is 0.236 e. The number of carbonyl (C=O) groups excluding carboxylic acids is 1. The van der Waals surface area contributed by atoms with E-state index < -0.39 is 0 Å². The molecular formula is C14H14ClN3O2S2. The van der Waals surface area contributed by atoms with E-state index in [1.807, 2.05) is 12.1 Å². The summed E-state index contributed by atoms with van der Waals surface area (Å²) < 4.78 is 5.55. The maximum absolute atomic E-state index is 11.9. The Labute approximate surface area is 141 Å². The Morgan fingerprint density at radius 3 is 2.95 bits per heavy atom. The number of anilines is 1. The zero-order valence-electron chi connectivity index (χ0n) is 11.6. The largest absolute Gasteiger partial charge is 0.371 e. The summed E-state index contributed by atoms with van der Waals surface area (Å²) in [5, 5.41) is 12.9. The molecule has 1 fully saturated rings. The van der Waals surface area contributed by atoms with Crippen molar-refractivity contribution in [3.63, 3.8) is 0 Å². The van der Waals surface area contributed by atoms with E-state index in [2.05, 4.69) is 15.5 Å². The monoisotopic (exact) mass is 355 g/mol. The van der Waals surface area contributed by atoms with Crippen molar-refractivity contribution < 1.29 is 9.53 Å². The third-order valence-electron chi connectivity index (χ3n) is 3.08. The van der Waals surface area contributed by atoms with E-state index in [1.165, 1.54) is 23.1 Å². The zero-order chi connectivity index (χ0) is 15.4. The molecular weight excluding hydrogens is 342 g/mol. The molecule has 0 bridgehead atoms. The van der Waals surface area contributed by atoms with Crippen LogP contribution in [0.25, 0.3) is 0 Å². The minimum absolute atomic E-state index is 0.0339. The lowest BCUT2D eigenvalue weighted by atomic mass is 10.2. The van der Waals surface area contributed by atoms with Crippen LogP contribution in [0.5, 0.6) is 0 Å². The first-order chi connectivity index (χ1) is 10.7. The van der Waals surface area contributed by atoms with E-state index in [1.54, 1.807) is 12.1 Å². The number of hydrogen-bond acceptors (Lipinski definition) is 6. The summed E-state index contributed by atoms with van der Waals surface area (Å²) >= 11 is 8.65. The van der Waals surface area contributed by atoms with Crippen LogP contribution in [0.4, 0.5) is 5.13 Å². The number of ether oxygens (including phenoxy) is 1. The Balaban J connectivity index is 1.50. The molecule has 1 aliphatic rings. The fourth-order valence-corrected chi connectivity index (χ4v) is 3.69. The summed E-state index contributed by atoms with van der Waals surface area (Å²) in [7, 11) is 0. The van der Waals surface area contributed by atoms with Crippen LogP contribution in [0, 0.1) is 0 Å². The number of aromatic nitrogens is 2. The van der Waals surface area contributed by atoms with Gasteiger partial charge in [0.15, 0.2) is 0 Å². The number of amides is 1. The maximum atomic E-state index is 11.9. The zero-order valence-corrected chi connectivity index (χ0v) is 14.0. The first-order valence-corrected chi connectivity index (χ1v) is 9.02. The average Bonchev–Trinajstić information content (AvgIpc) is 3.17. The number of carbonyl (C=O) groups is 1. The number of rotatable bonds is 5. The van der Waals surface area contributed by atoms with E-state index in [0.29, 0.717) is 15.9 Å². The standard InChI is InChI=1S/C14H14ClN3O2S2/c15-9-3-5-10(6-4-9)21-8-12(19)16-14-18-17-13(22-14)11-2-1-7-20-11/h3-6,11H,1-2,7-8H2,(H,16,18,19)/t11-/m0/s1. The van der Waals surface area contributed by atoms with Gasteiger partial charge in [-0.3, -0.25) is 10.1 Å². The van der Waals surface area contributed by atoms with Crippen LogP contribution >= 0.6 is 34.7 Å². The van der Waals surface area contributed by atoms with Gasteiger partial charge in [0.05, 0.1) is 5.75 Å². The predicted octanol–water partition coefficient (Wildman–Crippen LogP) is 3.77. The van der Waals surface area contributed by atoms with Crippen LogP contribution in [0.15, 0.2) is 29.2 Å². The normalized spacial score (nSPS) is 17.6. The summed E-state index contributed by atoms with van der Waals surface area (Å²) in [4.78, 5) is 12.9. The lowest BCUT2D eigenvalue weighted by Gasteiger charge is -2.03. The molecule has 0 spiro atoms. The van der Waals surface area contributed by atoms with Gasteiger partial charge < -0.3 is 4.74 Å². The van der Waals surface area contributed by atoms with Gasteiger partial charge in [-0.1, -0.05) is 22.9 Å². The molecule has 1 aromatic carbocycles. The maximum Gasteiger partial charge on any atom is 0.236 e. The lowest BCUT2D eigenvalue weighted by molar-refractivity contribution is -0.113. The van der Waals surface area contributed by atoms with Crippen molar-refractivity contribution in [2.45, 2.75) is 23.8 Å². The number of halogens is 1. The molecule has 0 radical (unpaired) electrons. The molecule has 1 saturated heterocycles. The van der Waals surface area contributed by atoms with Crippen molar-refractivity contribution in [2.75, 3.05) is 17.7 Å². The highest BCUT2D eigenvalue weighted by Gasteiger charge is 2.22. The third kappa shape index (κ3) is 4.19. The van der Waals surface area contributed by atoms with Crippen LogP contribution < -0.4 is 5.32 Å². The summed E-state index contributed by atoms with van der Waals surface area (Å²) in [6, 6.07) is 7.39. The number of nitrogens with one attached hydrogen (secondary N) is 1. The molecule has 1 N–H and O–H groups in total. The number of thioether (sulfide) groups is 1. The van der Waals surface area contributed by atoms with Gasteiger partial charge in [0, 0.05) is 16.5 Å². The molecule has 1 aliphatic heterocycles. The second-order valence-electron chi connectivity index (χ2n) is 4.74. The highest BCUT2D eigenvalue weighted by atomic mass is 35.5. The average molecular weight is 356 g/mol. The van der Waals surface area contributed by atoms with Crippen LogP contribution in [0.2, 0.25) is 5.02 Å². The molecule has 3 rings (SSSR count). The molecule has 0 unspecified atom stereocenters. The Hall–Kier alpha value is -1.15. The molecule has 2 heterocycles. The Morgan fingerprint density at radius 2 is 2.23 bits per heavy atom. The Bertz CT molecular complexity index is 642. The van der Waals surface area contributed by atoms with Gasteiger partial charge in [0.2, 0.25) is 11.0 Å². The molecule has 1 amide bonds. The van der Waals surface area contributed by atoms with Crippen molar-refractivity contribution >= 4 is 45.7 Å². The second kappa shape index (κ2) is 7.41. The Morgan fingerprint density at radius 1 is 1.41 bits per heavy atom. The van der Waals surface area contributed by atoms with E-state index in [4.69, 9.17) is 16.3 Å².